The molecule has 0 bridgehead atoms. The van der Waals surface area contributed by atoms with Crippen LogP contribution in [-0.2, 0) is 6.54 Å². The summed E-state index contributed by atoms with van der Waals surface area (Å²) in [5, 5.41) is 5.02. The van der Waals surface area contributed by atoms with Gasteiger partial charge in [-0.25, -0.2) is 4.79 Å². The lowest BCUT2D eigenvalue weighted by Crippen LogP contribution is -2.41. The second-order valence-electron chi connectivity index (χ2n) is 5.56. The van der Waals surface area contributed by atoms with E-state index in [0.717, 1.165) is 5.76 Å². The van der Waals surface area contributed by atoms with E-state index in [2.05, 4.69) is 23.7 Å². The second kappa shape index (κ2) is 7.47. The number of nitrogens with one attached hydrogen (secondary N) is 1. The van der Waals surface area contributed by atoms with Crippen LogP contribution in [0.1, 0.15) is 22.2 Å². The molecule has 0 fully saturated rings. The van der Waals surface area contributed by atoms with E-state index in [1.807, 2.05) is 38.2 Å². The van der Waals surface area contributed by atoms with Crippen molar-refractivity contribution in [2.75, 3.05) is 27.7 Å². The third-order valence-electron chi connectivity index (χ3n) is 3.64. The average molecular weight is 321 g/mol. The summed E-state index contributed by atoms with van der Waals surface area (Å²) in [5.74, 6) is 0.849. The fraction of sp³-hybridized carbons (Fsp3) is 0.438. The predicted octanol–water partition coefficient (Wildman–Crippen LogP) is 3.09. The van der Waals surface area contributed by atoms with Gasteiger partial charge in [-0.1, -0.05) is 0 Å². The lowest BCUT2D eigenvalue weighted by Gasteiger charge is -2.24. The second-order valence-corrected chi connectivity index (χ2v) is 6.56. The first-order valence-electron chi connectivity index (χ1n) is 7.20. The van der Waals surface area contributed by atoms with Crippen LogP contribution in [0.5, 0.6) is 0 Å². The van der Waals surface area contributed by atoms with Gasteiger partial charge in [0, 0.05) is 18.5 Å². The Morgan fingerprint density at radius 3 is 2.68 bits per heavy atom. The minimum absolute atomic E-state index is 0.0239. The van der Waals surface area contributed by atoms with Crippen LogP contribution in [0.25, 0.3) is 0 Å². The molecule has 1 N–H and O–H groups in total. The number of nitrogens with zero attached hydrogens (tertiary/aromatic N) is 2. The van der Waals surface area contributed by atoms with Crippen LogP contribution >= 0.6 is 11.3 Å². The van der Waals surface area contributed by atoms with E-state index in [-0.39, 0.29) is 12.1 Å². The van der Waals surface area contributed by atoms with Crippen LogP contribution in [-0.4, -0.2) is 43.5 Å². The molecule has 2 heterocycles. The molecule has 120 valence electrons. The summed E-state index contributed by atoms with van der Waals surface area (Å²) < 4.78 is 5.45. The summed E-state index contributed by atoms with van der Waals surface area (Å²) >= 11 is 1.68. The van der Waals surface area contributed by atoms with Gasteiger partial charge < -0.3 is 14.6 Å². The van der Waals surface area contributed by atoms with E-state index >= 15 is 0 Å². The zero-order valence-corrected chi connectivity index (χ0v) is 14.3. The Balaban J connectivity index is 1.89. The number of thiophene rings is 1. The molecule has 0 aliphatic heterocycles. The summed E-state index contributed by atoms with van der Waals surface area (Å²) in [4.78, 5) is 17.2. The van der Waals surface area contributed by atoms with E-state index in [4.69, 9.17) is 4.42 Å². The molecular weight excluding hydrogens is 298 g/mol. The molecular formula is C16H23N3O2S. The first-order valence-corrected chi connectivity index (χ1v) is 8.08. The molecule has 5 nitrogen and oxygen atoms in total. The summed E-state index contributed by atoms with van der Waals surface area (Å²) in [6.07, 6.45) is 1.65. The molecule has 0 radical (unpaired) electrons. The molecule has 0 aliphatic rings. The van der Waals surface area contributed by atoms with Crippen LogP contribution < -0.4 is 5.32 Å². The maximum Gasteiger partial charge on any atom is 0.317 e. The van der Waals surface area contributed by atoms with Crippen molar-refractivity contribution in [1.82, 2.24) is 15.1 Å². The molecule has 0 saturated heterocycles. The third-order valence-corrected chi connectivity index (χ3v) is 4.64. The van der Waals surface area contributed by atoms with Gasteiger partial charge in [-0.2, -0.15) is 0 Å². The van der Waals surface area contributed by atoms with Gasteiger partial charge in [0.25, 0.3) is 0 Å². The molecule has 2 aromatic heterocycles. The number of carbonyl (C=O) groups excluding carboxylic acids is 1. The number of urea groups is 1. The van der Waals surface area contributed by atoms with Gasteiger partial charge in [0.15, 0.2) is 0 Å². The molecule has 0 aromatic carbocycles. The number of rotatable bonds is 6. The molecule has 0 saturated carbocycles. The van der Waals surface area contributed by atoms with Gasteiger partial charge in [-0.3, -0.25) is 4.90 Å². The van der Waals surface area contributed by atoms with E-state index in [1.54, 1.807) is 22.5 Å². The molecule has 1 atom stereocenters. The van der Waals surface area contributed by atoms with Crippen LogP contribution in [0.15, 0.2) is 34.3 Å². The fourth-order valence-corrected chi connectivity index (χ4v) is 3.15. The van der Waals surface area contributed by atoms with Gasteiger partial charge in [0.1, 0.15) is 5.76 Å². The Hall–Kier alpha value is -1.79. The average Bonchev–Trinajstić information content (AvgIpc) is 3.11. The van der Waals surface area contributed by atoms with Gasteiger partial charge in [0.05, 0.1) is 18.8 Å². The zero-order valence-electron chi connectivity index (χ0n) is 13.5. The monoisotopic (exact) mass is 321 g/mol. The quantitative estimate of drug-likeness (QED) is 0.889. The summed E-state index contributed by atoms with van der Waals surface area (Å²) in [5.41, 5.74) is 1.23. The summed E-state index contributed by atoms with van der Waals surface area (Å²) in [6, 6.07) is 5.81. The third kappa shape index (κ3) is 4.11. The molecule has 22 heavy (non-hydrogen) atoms. The van der Waals surface area contributed by atoms with Gasteiger partial charge in [-0.15, -0.1) is 11.3 Å². The van der Waals surface area contributed by atoms with Crippen molar-refractivity contribution < 1.29 is 9.21 Å². The Morgan fingerprint density at radius 1 is 1.36 bits per heavy atom. The minimum Gasteiger partial charge on any atom is -0.468 e. The standard InChI is InChI=1S/C16H23N3O2S/c1-12-7-9-22-15(12)11-19(4)16(20)17-10-13(18(2)3)14-6-5-8-21-14/h5-9,13H,10-11H2,1-4H3,(H,17,20)/t13-/m0/s1. The van der Waals surface area contributed by atoms with Crippen molar-refractivity contribution in [1.29, 1.82) is 0 Å². The maximum absolute atomic E-state index is 12.2. The van der Waals surface area contributed by atoms with Crippen LogP contribution in [0.4, 0.5) is 4.79 Å². The predicted molar refractivity (Wildman–Crippen MR) is 89.1 cm³/mol. The van der Waals surface area contributed by atoms with E-state index in [0.29, 0.717) is 13.1 Å². The highest BCUT2D eigenvalue weighted by molar-refractivity contribution is 7.10. The number of furan rings is 1. The van der Waals surface area contributed by atoms with Crippen LogP contribution in [0, 0.1) is 6.92 Å². The highest BCUT2D eigenvalue weighted by Gasteiger charge is 2.19. The first-order chi connectivity index (χ1) is 10.5. The zero-order chi connectivity index (χ0) is 16.1. The molecule has 6 heteroatoms. The maximum atomic E-state index is 12.2. The van der Waals surface area contributed by atoms with Crippen LogP contribution in [0.2, 0.25) is 0 Å². The molecule has 0 aliphatic carbocycles. The van der Waals surface area contributed by atoms with Crippen molar-refractivity contribution >= 4 is 17.4 Å². The molecule has 2 rings (SSSR count). The topological polar surface area (TPSA) is 48.7 Å². The highest BCUT2D eigenvalue weighted by atomic mass is 32.1. The van der Waals surface area contributed by atoms with Crippen molar-refractivity contribution in [2.45, 2.75) is 19.5 Å². The summed E-state index contributed by atoms with van der Waals surface area (Å²) in [7, 11) is 5.75. The number of likely N-dealkylation sites (N-methyl/N-ethyl adjacent to an activating group) is 1. The summed E-state index contributed by atoms with van der Waals surface area (Å²) in [6.45, 7) is 3.20. The van der Waals surface area contributed by atoms with Crippen molar-refractivity contribution in [3.05, 3.63) is 46.0 Å². The first kappa shape index (κ1) is 16.6. The Labute approximate surface area is 135 Å². The van der Waals surface area contributed by atoms with Gasteiger partial charge in [0.2, 0.25) is 0 Å². The SMILES string of the molecule is Cc1ccsc1CN(C)C(=O)NC[C@@H](c1ccco1)N(C)C. The van der Waals surface area contributed by atoms with E-state index < -0.39 is 0 Å². The number of hydrogen-bond donors (Lipinski definition) is 1. The lowest BCUT2D eigenvalue weighted by molar-refractivity contribution is 0.197. The number of aryl methyl sites for hydroxylation is 1. The largest absolute Gasteiger partial charge is 0.468 e. The van der Waals surface area contributed by atoms with Gasteiger partial charge >= 0.3 is 6.03 Å². The Morgan fingerprint density at radius 2 is 2.14 bits per heavy atom. The van der Waals surface area contributed by atoms with Crippen molar-refractivity contribution in [2.24, 2.45) is 0 Å². The molecule has 2 aromatic rings. The number of amides is 2. The Kier molecular flexibility index (Phi) is 5.63. The Bertz CT molecular complexity index is 592. The van der Waals surface area contributed by atoms with E-state index in [1.165, 1.54) is 10.4 Å². The lowest BCUT2D eigenvalue weighted by atomic mass is 10.2. The fourth-order valence-electron chi connectivity index (χ4n) is 2.19. The van der Waals surface area contributed by atoms with Crippen molar-refractivity contribution in [3.63, 3.8) is 0 Å². The number of carbonyl (C=O) groups is 1. The molecule has 0 spiro atoms. The highest BCUT2D eigenvalue weighted by Crippen LogP contribution is 2.19. The van der Waals surface area contributed by atoms with Crippen molar-refractivity contribution in [3.8, 4) is 0 Å². The van der Waals surface area contributed by atoms with Crippen LogP contribution in [0.3, 0.4) is 0 Å². The van der Waals surface area contributed by atoms with Gasteiger partial charge in [-0.05, 0) is 50.2 Å². The normalized spacial score (nSPS) is 12.4. The molecule has 0 unspecified atom stereocenters. The minimum atomic E-state index is -0.0776. The molecule has 2 amide bonds. The number of hydrogen-bond acceptors (Lipinski definition) is 4. The smallest absolute Gasteiger partial charge is 0.317 e. The van der Waals surface area contributed by atoms with E-state index in [9.17, 15) is 4.79 Å².